The second-order valence-electron chi connectivity index (χ2n) is 6.91. The van der Waals surface area contributed by atoms with Gasteiger partial charge in [0.1, 0.15) is 5.75 Å². The Labute approximate surface area is 170 Å². The molecule has 1 atom stereocenters. The number of piperazine rings is 1. The number of hydrogen-bond acceptors (Lipinski definition) is 5. The highest BCUT2D eigenvalue weighted by Gasteiger charge is 2.26. The molecule has 1 unspecified atom stereocenters. The summed E-state index contributed by atoms with van der Waals surface area (Å²) in [5.41, 5.74) is 1.32. The van der Waals surface area contributed by atoms with Crippen molar-refractivity contribution in [1.29, 1.82) is 5.26 Å². The van der Waals surface area contributed by atoms with E-state index in [-0.39, 0.29) is 11.8 Å². The second-order valence-corrected chi connectivity index (χ2v) is 6.91. The van der Waals surface area contributed by atoms with Gasteiger partial charge in [-0.25, -0.2) is 0 Å². The number of amides is 2. The molecule has 0 aromatic heterocycles. The van der Waals surface area contributed by atoms with E-state index in [0.717, 1.165) is 5.69 Å². The summed E-state index contributed by atoms with van der Waals surface area (Å²) in [5, 5.41) is 11.7. The summed E-state index contributed by atoms with van der Waals surface area (Å²) >= 11 is 0. The lowest BCUT2D eigenvalue weighted by atomic mass is 10.2. The fourth-order valence-corrected chi connectivity index (χ4v) is 3.17. The quantitative estimate of drug-likeness (QED) is 0.814. The van der Waals surface area contributed by atoms with E-state index >= 15 is 0 Å². The average Bonchev–Trinajstić information content (AvgIpc) is 2.75. The van der Waals surface area contributed by atoms with Gasteiger partial charge in [0.05, 0.1) is 18.2 Å². The van der Waals surface area contributed by atoms with Gasteiger partial charge in [0.25, 0.3) is 5.91 Å². The van der Waals surface area contributed by atoms with Crippen molar-refractivity contribution in [1.82, 2.24) is 9.80 Å². The van der Waals surface area contributed by atoms with Crippen molar-refractivity contribution in [2.75, 3.05) is 38.0 Å². The smallest absolute Gasteiger partial charge is 0.263 e. The molecule has 0 aliphatic carbocycles. The van der Waals surface area contributed by atoms with Crippen molar-refractivity contribution in [3.05, 3.63) is 60.2 Å². The van der Waals surface area contributed by atoms with Gasteiger partial charge in [0.15, 0.2) is 6.10 Å². The third-order valence-electron chi connectivity index (χ3n) is 4.75. The van der Waals surface area contributed by atoms with Crippen LogP contribution in [0.25, 0.3) is 0 Å². The van der Waals surface area contributed by atoms with Crippen LogP contribution in [-0.2, 0) is 9.59 Å². The summed E-state index contributed by atoms with van der Waals surface area (Å²) in [6, 6.07) is 18.1. The summed E-state index contributed by atoms with van der Waals surface area (Å²) in [4.78, 5) is 28.6. The van der Waals surface area contributed by atoms with E-state index in [1.807, 2.05) is 41.3 Å². The van der Waals surface area contributed by atoms with Crippen molar-refractivity contribution >= 4 is 17.5 Å². The molecule has 2 amide bonds. The number of nitriles is 1. The van der Waals surface area contributed by atoms with Crippen LogP contribution in [0, 0.1) is 11.3 Å². The molecule has 2 aromatic rings. The minimum absolute atomic E-state index is 0.0616. The number of ether oxygens (including phenoxy) is 1. The van der Waals surface area contributed by atoms with Gasteiger partial charge in [-0.15, -0.1) is 0 Å². The first-order valence-electron chi connectivity index (χ1n) is 9.58. The third kappa shape index (κ3) is 5.80. The number of carbonyl (C=O) groups excluding carboxylic acids is 2. The van der Waals surface area contributed by atoms with Crippen LogP contribution in [0.15, 0.2) is 54.6 Å². The van der Waals surface area contributed by atoms with E-state index in [1.54, 1.807) is 36.1 Å². The van der Waals surface area contributed by atoms with Crippen LogP contribution in [0.3, 0.4) is 0 Å². The third-order valence-corrected chi connectivity index (χ3v) is 4.75. The van der Waals surface area contributed by atoms with Crippen LogP contribution in [0.1, 0.15) is 12.5 Å². The van der Waals surface area contributed by atoms with Crippen LogP contribution in [0.4, 0.5) is 5.69 Å². The number of benzene rings is 2. The second kappa shape index (κ2) is 9.71. The summed E-state index contributed by atoms with van der Waals surface area (Å²) in [6.07, 6.45) is -0.615. The molecule has 7 nitrogen and oxygen atoms in total. The zero-order valence-corrected chi connectivity index (χ0v) is 16.4. The van der Waals surface area contributed by atoms with E-state index in [0.29, 0.717) is 44.0 Å². The SMILES string of the molecule is CC(Oc1ccc(C#N)cc1)C(=O)N1CCN(CC(=O)Nc2ccccc2)CC1. The van der Waals surface area contributed by atoms with Gasteiger partial charge in [-0.2, -0.15) is 5.26 Å². The lowest BCUT2D eigenvalue weighted by Gasteiger charge is -2.35. The monoisotopic (exact) mass is 392 g/mol. The Kier molecular flexibility index (Phi) is 6.82. The number of nitrogens with one attached hydrogen (secondary N) is 1. The van der Waals surface area contributed by atoms with Gasteiger partial charge in [0.2, 0.25) is 5.91 Å². The topological polar surface area (TPSA) is 85.7 Å². The summed E-state index contributed by atoms with van der Waals surface area (Å²) in [6.45, 7) is 4.40. The van der Waals surface area contributed by atoms with Gasteiger partial charge >= 0.3 is 0 Å². The Morgan fingerprint density at radius 1 is 1.07 bits per heavy atom. The Hall–Kier alpha value is -3.37. The normalized spacial score (nSPS) is 15.2. The standard InChI is InChI=1S/C22H24N4O3/c1-17(29-20-9-7-18(15-23)8-10-20)22(28)26-13-11-25(12-14-26)16-21(27)24-19-5-3-2-4-6-19/h2-10,17H,11-14,16H2,1H3,(H,24,27). The van der Waals surface area contributed by atoms with Crippen LogP contribution in [0.5, 0.6) is 5.75 Å². The summed E-state index contributed by atoms with van der Waals surface area (Å²) in [7, 11) is 0. The molecule has 1 heterocycles. The number of para-hydroxylation sites is 1. The molecule has 7 heteroatoms. The molecule has 1 fully saturated rings. The van der Waals surface area contributed by atoms with Crippen molar-refractivity contribution in [3.8, 4) is 11.8 Å². The minimum atomic E-state index is -0.615. The first-order valence-corrected chi connectivity index (χ1v) is 9.58. The minimum Gasteiger partial charge on any atom is -0.481 e. The van der Waals surface area contributed by atoms with Gasteiger partial charge in [-0.3, -0.25) is 14.5 Å². The summed E-state index contributed by atoms with van der Waals surface area (Å²) < 4.78 is 5.71. The maximum absolute atomic E-state index is 12.6. The summed E-state index contributed by atoms with van der Waals surface area (Å²) in [5.74, 6) is 0.414. The molecular formula is C22H24N4O3. The fourth-order valence-electron chi connectivity index (χ4n) is 3.17. The molecule has 2 aromatic carbocycles. The van der Waals surface area contributed by atoms with Crippen molar-refractivity contribution < 1.29 is 14.3 Å². The van der Waals surface area contributed by atoms with E-state index in [9.17, 15) is 9.59 Å². The van der Waals surface area contributed by atoms with E-state index < -0.39 is 6.10 Å². The molecular weight excluding hydrogens is 368 g/mol. The first-order chi connectivity index (χ1) is 14.0. The maximum Gasteiger partial charge on any atom is 0.263 e. The maximum atomic E-state index is 12.6. The predicted octanol–water partition coefficient (Wildman–Crippen LogP) is 2.11. The highest BCUT2D eigenvalue weighted by Crippen LogP contribution is 2.15. The molecule has 1 N–H and O–H groups in total. The number of anilines is 1. The average molecular weight is 392 g/mol. The largest absolute Gasteiger partial charge is 0.481 e. The highest BCUT2D eigenvalue weighted by molar-refractivity contribution is 5.92. The Balaban J connectivity index is 1.43. The highest BCUT2D eigenvalue weighted by atomic mass is 16.5. The lowest BCUT2D eigenvalue weighted by Crippen LogP contribution is -2.53. The molecule has 29 heavy (non-hydrogen) atoms. The fraction of sp³-hybridized carbons (Fsp3) is 0.318. The number of hydrogen-bond donors (Lipinski definition) is 1. The van der Waals surface area contributed by atoms with Crippen molar-refractivity contribution in [2.24, 2.45) is 0 Å². The van der Waals surface area contributed by atoms with Crippen LogP contribution in [-0.4, -0.2) is 60.4 Å². The van der Waals surface area contributed by atoms with E-state index in [1.165, 1.54) is 0 Å². The molecule has 0 radical (unpaired) electrons. The molecule has 0 saturated carbocycles. The lowest BCUT2D eigenvalue weighted by molar-refractivity contribution is -0.139. The predicted molar refractivity (Wildman–Crippen MR) is 109 cm³/mol. The molecule has 1 saturated heterocycles. The molecule has 0 bridgehead atoms. The Morgan fingerprint density at radius 2 is 1.72 bits per heavy atom. The zero-order valence-electron chi connectivity index (χ0n) is 16.4. The Morgan fingerprint density at radius 3 is 2.34 bits per heavy atom. The number of rotatable bonds is 6. The number of carbonyl (C=O) groups is 2. The number of nitrogens with zero attached hydrogens (tertiary/aromatic N) is 3. The van der Waals surface area contributed by atoms with Gasteiger partial charge in [-0.1, -0.05) is 18.2 Å². The van der Waals surface area contributed by atoms with Crippen LogP contribution >= 0.6 is 0 Å². The van der Waals surface area contributed by atoms with E-state index in [4.69, 9.17) is 10.00 Å². The molecule has 1 aliphatic heterocycles. The van der Waals surface area contributed by atoms with Gasteiger partial charge in [0, 0.05) is 31.9 Å². The van der Waals surface area contributed by atoms with Crippen molar-refractivity contribution in [2.45, 2.75) is 13.0 Å². The van der Waals surface area contributed by atoms with Gasteiger partial charge in [-0.05, 0) is 43.3 Å². The van der Waals surface area contributed by atoms with Crippen LogP contribution < -0.4 is 10.1 Å². The first kappa shape index (κ1) is 20.4. The molecule has 150 valence electrons. The Bertz CT molecular complexity index is 869. The van der Waals surface area contributed by atoms with Gasteiger partial charge < -0.3 is 15.0 Å². The zero-order chi connectivity index (χ0) is 20.6. The van der Waals surface area contributed by atoms with E-state index in [2.05, 4.69) is 5.32 Å². The van der Waals surface area contributed by atoms with Crippen molar-refractivity contribution in [3.63, 3.8) is 0 Å². The molecule has 0 spiro atoms. The molecule has 3 rings (SSSR count). The molecule has 1 aliphatic rings. The van der Waals surface area contributed by atoms with Crippen LogP contribution in [0.2, 0.25) is 0 Å².